The number of allylic oxidation sites excluding steroid dienone is 2. The second-order valence-electron chi connectivity index (χ2n) is 11.5. The summed E-state index contributed by atoms with van der Waals surface area (Å²) in [4.78, 5) is 35.2. The average Bonchev–Trinajstić information content (AvgIpc) is 3.35. The van der Waals surface area contributed by atoms with Crippen LogP contribution in [0, 0.1) is 5.92 Å². The molecule has 7 heteroatoms. The monoisotopic (exact) mass is 584 g/mol. The lowest BCUT2D eigenvalue weighted by Gasteiger charge is -2.37. The average molecular weight is 585 g/mol. The number of esters is 1. The van der Waals surface area contributed by atoms with Gasteiger partial charge >= 0.3 is 5.97 Å². The van der Waals surface area contributed by atoms with Gasteiger partial charge in [-0.05, 0) is 61.4 Å². The molecule has 1 fully saturated rings. The highest BCUT2D eigenvalue weighted by Crippen LogP contribution is 2.38. The van der Waals surface area contributed by atoms with Crippen molar-refractivity contribution < 1.29 is 14.3 Å². The topological polar surface area (TPSA) is 67.7 Å². The van der Waals surface area contributed by atoms with Crippen molar-refractivity contribution in [1.82, 2.24) is 14.5 Å². The molecule has 43 heavy (non-hydrogen) atoms. The Morgan fingerprint density at radius 2 is 1.77 bits per heavy atom. The zero-order valence-corrected chi connectivity index (χ0v) is 26.3. The summed E-state index contributed by atoms with van der Waals surface area (Å²) in [7, 11) is 1.41. The Morgan fingerprint density at radius 1 is 1.02 bits per heavy atom. The number of hydrogen-bond donors (Lipinski definition) is 0. The van der Waals surface area contributed by atoms with Gasteiger partial charge in [0.2, 0.25) is 5.91 Å². The molecule has 0 saturated carbocycles. The van der Waals surface area contributed by atoms with Crippen LogP contribution in [0.3, 0.4) is 0 Å². The zero-order valence-electron chi connectivity index (χ0n) is 26.3. The van der Waals surface area contributed by atoms with Crippen molar-refractivity contribution in [1.29, 1.82) is 0 Å². The first-order chi connectivity index (χ1) is 21.0. The first-order valence-corrected chi connectivity index (χ1v) is 15.9. The minimum absolute atomic E-state index is 0.186. The largest absolute Gasteiger partial charge is 0.465 e. The molecule has 0 aliphatic carbocycles. The van der Waals surface area contributed by atoms with Crippen LogP contribution in [0.15, 0.2) is 68.0 Å². The van der Waals surface area contributed by atoms with Gasteiger partial charge in [0.05, 0.1) is 18.6 Å². The van der Waals surface area contributed by atoms with Crippen LogP contribution in [-0.2, 0) is 22.5 Å². The molecule has 0 spiro atoms. The fourth-order valence-corrected chi connectivity index (χ4v) is 6.53. The quantitative estimate of drug-likeness (QED) is 0.140. The number of pyridine rings is 1. The highest BCUT2D eigenvalue weighted by molar-refractivity contribution is 5.96. The number of nitrogens with zero attached hydrogens (tertiary/aromatic N) is 4. The molecule has 2 unspecified atom stereocenters. The summed E-state index contributed by atoms with van der Waals surface area (Å²) in [5.74, 6) is 0.0124. The summed E-state index contributed by atoms with van der Waals surface area (Å²) in [6.45, 7) is 16.0. The smallest absolute Gasteiger partial charge is 0.337 e. The molecule has 0 radical (unpaired) electrons. The number of fused-ring (bicyclic) bond motifs is 1. The van der Waals surface area contributed by atoms with E-state index in [1.165, 1.54) is 18.4 Å². The Labute approximate surface area is 257 Å². The van der Waals surface area contributed by atoms with E-state index in [9.17, 15) is 9.59 Å². The molecule has 4 rings (SSSR count). The van der Waals surface area contributed by atoms with Crippen LogP contribution >= 0.6 is 0 Å². The van der Waals surface area contributed by atoms with E-state index < -0.39 is 0 Å². The number of benzene rings is 1. The van der Waals surface area contributed by atoms with Gasteiger partial charge in [0, 0.05) is 73.8 Å². The normalized spacial score (nSPS) is 14.9. The fourth-order valence-electron chi connectivity index (χ4n) is 6.53. The molecule has 1 saturated heterocycles. The first kappa shape index (κ1) is 32.1. The number of piperazine rings is 1. The predicted molar refractivity (Wildman–Crippen MR) is 176 cm³/mol. The van der Waals surface area contributed by atoms with Crippen molar-refractivity contribution in [3.05, 3.63) is 84.9 Å². The number of rotatable bonds is 15. The molecule has 3 aromatic rings. The predicted octanol–water partition coefficient (Wildman–Crippen LogP) is 7.17. The molecule has 230 valence electrons. The van der Waals surface area contributed by atoms with Gasteiger partial charge in [-0.2, -0.15) is 0 Å². The van der Waals surface area contributed by atoms with Crippen LogP contribution < -0.4 is 4.90 Å². The van der Waals surface area contributed by atoms with E-state index in [-0.39, 0.29) is 17.8 Å². The Balaban J connectivity index is 1.72. The van der Waals surface area contributed by atoms with Crippen LogP contribution in [0.1, 0.15) is 79.9 Å². The summed E-state index contributed by atoms with van der Waals surface area (Å²) in [6.07, 6.45) is 14.1. The molecular formula is C36H48N4O3. The number of amides is 1. The van der Waals surface area contributed by atoms with Crippen molar-refractivity contribution in [3.8, 4) is 0 Å². The van der Waals surface area contributed by atoms with E-state index in [1.807, 2.05) is 53.7 Å². The van der Waals surface area contributed by atoms with Crippen molar-refractivity contribution in [2.45, 2.75) is 71.3 Å². The lowest BCUT2D eigenvalue weighted by atomic mass is 9.88. The Kier molecular flexibility index (Phi) is 11.6. The molecule has 1 aliphatic rings. The van der Waals surface area contributed by atoms with Crippen LogP contribution in [-0.4, -0.2) is 59.6 Å². The van der Waals surface area contributed by atoms with Crippen molar-refractivity contribution in [3.63, 3.8) is 0 Å². The molecule has 1 amide bonds. The van der Waals surface area contributed by atoms with Crippen molar-refractivity contribution >= 4 is 28.5 Å². The third kappa shape index (κ3) is 7.38. The molecule has 1 aromatic carbocycles. The fraction of sp³-hybridized carbons (Fsp3) is 0.472. The summed E-state index contributed by atoms with van der Waals surface area (Å²) in [5.41, 5.74) is 5.19. The summed E-state index contributed by atoms with van der Waals surface area (Å²) in [5, 5.41) is 1.16. The van der Waals surface area contributed by atoms with Crippen molar-refractivity contribution in [2.75, 3.05) is 38.2 Å². The highest BCUT2D eigenvalue weighted by atomic mass is 16.5. The van der Waals surface area contributed by atoms with E-state index in [4.69, 9.17) is 4.74 Å². The molecule has 2 aromatic heterocycles. The Morgan fingerprint density at radius 3 is 2.40 bits per heavy atom. The van der Waals surface area contributed by atoms with E-state index in [1.54, 1.807) is 0 Å². The van der Waals surface area contributed by atoms with Gasteiger partial charge in [-0.3, -0.25) is 9.78 Å². The zero-order chi connectivity index (χ0) is 30.8. The molecule has 0 bridgehead atoms. The lowest BCUT2D eigenvalue weighted by Crippen LogP contribution is -2.51. The van der Waals surface area contributed by atoms with Crippen LogP contribution in [0.2, 0.25) is 0 Å². The number of ether oxygens (including phenoxy) is 1. The van der Waals surface area contributed by atoms with E-state index in [0.29, 0.717) is 37.5 Å². The Hall–Kier alpha value is -3.87. The van der Waals surface area contributed by atoms with Gasteiger partial charge in [-0.1, -0.05) is 44.9 Å². The van der Waals surface area contributed by atoms with Gasteiger partial charge < -0.3 is 19.1 Å². The molecule has 3 heterocycles. The van der Waals surface area contributed by atoms with Gasteiger partial charge in [-0.15, -0.1) is 13.2 Å². The lowest BCUT2D eigenvalue weighted by molar-refractivity contribution is -0.136. The second-order valence-corrected chi connectivity index (χ2v) is 11.5. The molecular weight excluding hydrogens is 536 g/mol. The Bertz CT molecular complexity index is 1390. The molecule has 7 nitrogen and oxygen atoms in total. The first-order valence-electron chi connectivity index (χ1n) is 15.9. The SMILES string of the molecule is C=CCCC(Cn1c(CC=C)c(C(CC)CCCC)c2ccc(C(=O)OC)cc21)C(=O)N1CCN(c2ccncc2)CC1. The number of hydrogen-bond acceptors (Lipinski definition) is 5. The summed E-state index contributed by atoms with van der Waals surface area (Å²) in [6, 6.07) is 9.94. The number of unbranched alkanes of at least 4 members (excludes halogenated alkanes) is 1. The maximum Gasteiger partial charge on any atom is 0.337 e. The minimum Gasteiger partial charge on any atom is -0.465 e. The van der Waals surface area contributed by atoms with Gasteiger partial charge in [-0.25, -0.2) is 4.79 Å². The van der Waals surface area contributed by atoms with Crippen LogP contribution in [0.4, 0.5) is 5.69 Å². The van der Waals surface area contributed by atoms with Gasteiger partial charge in [0.1, 0.15) is 0 Å². The van der Waals surface area contributed by atoms with E-state index in [0.717, 1.165) is 68.2 Å². The third-order valence-electron chi connectivity index (χ3n) is 8.87. The van der Waals surface area contributed by atoms with Gasteiger partial charge in [0.15, 0.2) is 0 Å². The number of methoxy groups -OCH3 is 1. The number of carbonyl (C=O) groups excluding carboxylic acids is 2. The number of carbonyl (C=O) groups is 2. The third-order valence-corrected chi connectivity index (χ3v) is 8.87. The number of aromatic nitrogens is 2. The van der Waals surface area contributed by atoms with Crippen LogP contribution in [0.25, 0.3) is 10.9 Å². The minimum atomic E-state index is -0.356. The van der Waals surface area contributed by atoms with Crippen LogP contribution in [0.5, 0.6) is 0 Å². The summed E-state index contributed by atoms with van der Waals surface area (Å²) >= 11 is 0. The standard InChI is InChI=1S/C36H48N4O3/c1-6-10-13-27(9-4)34-31-16-15-28(36(42)43-5)25-33(31)40(32(34)12-8-3)26-29(14-11-7-2)35(41)39-23-21-38(22-24-39)30-17-19-37-20-18-30/h7-8,15-20,25,27,29H,2-3,6,9-14,21-24,26H2,1,4-5H3. The highest BCUT2D eigenvalue weighted by Gasteiger charge is 2.30. The molecule has 0 N–H and O–H groups in total. The molecule has 2 atom stereocenters. The molecule has 1 aliphatic heterocycles. The maximum absolute atomic E-state index is 14.2. The van der Waals surface area contributed by atoms with Gasteiger partial charge in [0.25, 0.3) is 0 Å². The number of anilines is 1. The van der Waals surface area contributed by atoms with Crippen molar-refractivity contribution in [2.24, 2.45) is 5.92 Å². The second kappa shape index (κ2) is 15.6. The van der Waals surface area contributed by atoms with E-state index in [2.05, 4.69) is 47.5 Å². The maximum atomic E-state index is 14.2. The summed E-state index contributed by atoms with van der Waals surface area (Å²) < 4.78 is 7.39. The van der Waals surface area contributed by atoms with E-state index >= 15 is 0 Å².